The Balaban J connectivity index is 1.43. The van der Waals surface area contributed by atoms with E-state index in [1.54, 1.807) is 30.3 Å². The highest BCUT2D eigenvalue weighted by atomic mass is 35.5. The molecule has 3 aromatic rings. The molecule has 1 aromatic heterocycles. The smallest absolute Gasteiger partial charge is 0.372 e. The van der Waals surface area contributed by atoms with Crippen LogP contribution >= 0.6 is 23.2 Å². The number of ether oxygens (including phenoxy) is 1. The molecular formula is C21H20Cl2N4O4. The molecule has 0 unspecified atom stereocenters. The minimum atomic E-state index is -0.632. The van der Waals surface area contributed by atoms with E-state index in [0.717, 1.165) is 12.1 Å². The molecule has 2 aromatic carbocycles. The van der Waals surface area contributed by atoms with Crippen LogP contribution in [0, 0.1) is 5.92 Å². The Bertz CT molecular complexity index is 1110. The molecule has 0 aliphatic carbocycles. The molecule has 1 aliphatic heterocycles. The van der Waals surface area contributed by atoms with E-state index in [0.29, 0.717) is 46.7 Å². The quantitative estimate of drug-likeness (QED) is 0.537. The molecule has 2 heterocycles. The second-order valence-electron chi connectivity index (χ2n) is 7.16. The number of aromatic amines is 1. The SMILES string of the molecule is O=C(NC[C@@H]1CNCCO[C@H]1c1ccc(Cl)c(Cl)c1)c1ccc(-c2noc(=O)[nH]2)cc1. The zero-order chi connectivity index (χ0) is 21.8. The number of nitrogens with one attached hydrogen (secondary N) is 3. The largest absolute Gasteiger partial charge is 0.439 e. The summed E-state index contributed by atoms with van der Waals surface area (Å²) in [6.45, 7) is 2.38. The lowest BCUT2D eigenvalue weighted by atomic mass is 9.95. The number of H-pyrrole nitrogens is 1. The first-order valence-electron chi connectivity index (χ1n) is 9.73. The molecule has 1 fully saturated rings. The third-order valence-corrected chi connectivity index (χ3v) is 5.81. The summed E-state index contributed by atoms with van der Waals surface area (Å²) in [5.74, 6) is -0.531. The van der Waals surface area contributed by atoms with Crippen LogP contribution in [0.2, 0.25) is 10.0 Å². The fourth-order valence-corrected chi connectivity index (χ4v) is 3.79. The standard InChI is InChI=1S/C21H20Cl2N4O4/c22-16-6-5-14(9-17(16)23)18-15(10-24-7-8-30-18)11-25-20(28)13-3-1-12(2-4-13)19-26-21(29)31-27-19/h1-6,9,15,18,24H,7-8,10-11H2,(H,25,28)(H,26,27,29)/t15-,18-/m0/s1. The Kier molecular flexibility index (Phi) is 6.72. The van der Waals surface area contributed by atoms with Gasteiger partial charge < -0.3 is 15.4 Å². The van der Waals surface area contributed by atoms with Gasteiger partial charge in [-0.15, -0.1) is 0 Å². The fourth-order valence-electron chi connectivity index (χ4n) is 3.49. The van der Waals surface area contributed by atoms with Crippen LogP contribution < -0.4 is 16.4 Å². The van der Waals surface area contributed by atoms with Gasteiger partial charge >= 0.3 is 5.76 Å². The first kappa shape index (κ1) is 21.6. The molecule has 0 spiro atoms. The number of carbonyl (C=O) groups is 1. The second-order valence-corrected chi connectivity index (χ2v) is 7.97. The van der Waals surface area contributed by atoms with Crippen LogP contribution in [0.25, 0.3) is 11.4 Å². The number of carbonyl (C=O) groups excluding carboxylic acids is 1. The van der Waals surface area contributed by atoms with Gasteiger partial charge in [0.05, 0.1) is 22.8 Å². The number of nitrogens with zero attached hydrogens (tertiary/aromatic N) is 1. The summed E-state index contributed by atoms with van der Waals surface area (Å²) in [5, 5.41) is 10.9. The molecule has 162 valence electrons. The van der Waals surface area contributed by atoms with Crippen molar-refractivity contribution in [1.82, 2.24) is 20.8 Å². The number of amides is 1. The normalized spacial score (nSPS) is 19.0. The maximum atomic E-state index is 12.7. The summed E-state index contributed by atoms with van der Waals surface area (Å²) in [4.78, 5) is 26.2. The minimum Gasteiger partial charge on any atom is -0.372 e. The van der Waals surface area contributed by atoms with Gasteiger partial charge in [0.1, 0.15) is 0 Å². The Hall–Kier alpha value is -2.65. The lowest BCUT2D eigenvalue weighted by molar-refractivity contribution is 0.0306. The Morgan fingerprint density at radius 2 is 1.97 bits per heavy atom. The molecule has 4 rings (SSSR count). The predicted octanol–water partition coefficient (Wildman–Crippen LogP) is 3.04. The zero-order valence-corrected chi connectivity index (χ0v) is 17.9. The van der Waals surface area contributed by atoms with Crippen molar-refractivity contribution in [2.75, 3.05) is 26.2 Å². The molecule has 2 atom stereocenters. The van der Waals surface area contributed by atoms with Crippen LogP contribution in [0.4, 0.5) is 0 Å². The summed E-state index contributed by atoms with van der Waals surface area (Å²) in [7, 11) is 0. The number of rotatable bonds is 5. The van der Waals surface area contributed by atoms with Crippen LogP contribution in [0.15, 0.2) is 51.8 Å². The minimum absolute atomic E-state index is 0.00294. The monoisotopic (exact) mass is 462 g/mol. The van der Waals surface area contributed by atoms with Crippen molar-refractivity contribution in [3.05, 3.63) is 74.2 Å². The van der Waals surface area contributed by atoms with Crippen LogP contribution in [-0.4, -0.2) is 42.3 Å². The average molecular weight is 463 g/mol. The highest BCUT2D eigenvalue weighted by Crippen LogP contribution is 2.32. The summed E-state index contributed by atoms with van der Waals surface area (Å²) in [6.07, 6.45) is -0.226. The molecule has 8 nitrogen and oxygen atoms in total. The second kappa shape index (κ2) is 9.65. The van der Waals surface area contributed by atoms with Gasteiger partial charge in [0, 0.05) is 36.7 Å². The fraction of sp³-hybridized carbons (Fsp3) is 0.286. The van der Waals surface area contributed by atoms with Crippen LogP contribution in [0.1, 0.15) is 22.0 Å². The summed E-state index contributed by atoms with van der Waals surface area (Å²) in [6, 6.07) is 12.2. The van der Waals surface area contributed by atoms with Gasteiger partial charge in [0.15, 0.2) is 5.82 Å². The van der Waals surface area contributed by atoms with E-state index in [2.05, 4.69) is 25.3 Å². The first-order chi connectivity index (χ1) is 15.0. The van der Waals surface area contributed by atoms with E-state index in [-0.39, 0.29) is 17.9 Å². The average Bonchev–Trinajstić information content (AvgIpc) is 3.07. The highest BCUT2D eigenvalue weighted by Gasteiger charge is 2.27. The van der Waals surface area contributed by atoms with Crippen LogP contribution in [0.3, 0.4) is 0 Å². The molecule has 3 N–H and O–H groups in total. The van der Waals surface area contributed by atoms with Gasteiger partial charge in [-0.25, -0.2) is 4.79 Å². The van der Waals surface area contributed by atoms with Crippen molar-refractivity contribution < 1.29 is 14.1 Å². The molecule has 0 bridgehead atoms. The number of aromatic nitrogens is 2. The number of hydrogen-bond acceptors (Lipinski definition) is 6. The van der Waals surface area contributed by atoms with Gasteiger partial charge in [-0.1, -0.05) is 46.6 Å². The Labute approximate surface area is 187 Å². The molecule has 10 heteroatoms. The lowest BCUT2D eigenvalue weighted by Gasteiger charge is -2.25. The van der Waals surface area contributed by atoms with Gasteiger partial charge in [-0.05, 0) is 29.8 Å². The summed E-state index contributed by atoms with van der Waals surface area (Å²) < 4.78 is 10.5. The maximum Gasteiger partial charge on any atom is 0.439 e. The summed E-state index contributed by atoms with van der Waals surface area (Å²) >= 11 is 12.2. The van der Waals surface area contributed by atoms with E-state index >= 15 is 0 Å². The van der Waals surface area contributed by atoms with Crippen molar-refractivity contribution in [2.45, 2.75) is 6.10 Å². The zero-order valence-electron chi connectivity index (χ0n) is 16.4. The van der Waals surface area contributed by atoms with E-state index < -0.39 is 5.76 Å². The Morgan fingerprint density at radius 1 is 1.16 bits per heavy atom. The summed E-state index contributed by atoms with van der Waals surface area (Å²) in [5.41, 5.74) is 2.05. The molecule has 0 radical (unpaired) electrons. The van der Waals surface area contributed by atoms with Crippen molar-refractivity contribution >= 4 is 29.1 Å². The van der Waals surface area contributed by atoms with Crippen molar-refractivity contribution in [1.29, 1.82) is 0 Å². The topological polar surface area (TPSA) is 109 Å². The van der Waals surface area contributed by atoms with Gasteiger partial charge in [0.2, 0.25) is 0 Å². The predicted molar refractivity (Wildman–Crippen MR) is 116 cm³/mol. The first-order valence-corrected chi connectivity index (χ1v) is 10.5. The van der Waals surface area contributed by atoms with E-state index in [9.17, 15) is 9.59 Å². The molecule has 1 saturated heterocycles. The maximum absolute atomic E-state index is 12.7. The molecular weight excluding hydrogens is 443 g/mol. The molecule has 1 amide bonds. The van der Waals surface area contributed by atoms with E-state index in [4.69, 9.17) is 27.9 Å². The molecule has 31 heavy (non-hydrogen) atoms. The third kappa shape index (κ3) is 5.16. The van der Waals surface area contributed by atoms with Crippen molar-refractivity contribution in [3.63, 3.8) is 0 Å². The van der Waals surface area contributed by atoms with Crippen LogP contribution in [-0.2, 0) is 4.74 Å². The van der Waals surface area contributed by atoms with Crippen molar-refractivity contribution in [2.24, 2.45) is 5.92 Å². The van der Waals surface area contributed by atoms with Crippen LogP contribution in [0.5, 0.6) is 0 Å². The number of benzene rings is 2. The van der Waals surface area contributed by atoms with E-state index in [1.165, 1.54) is 0 Å². The highest BCUT2D eigenvalue weighted by molar-refractivity contribution is 6.42. The van der Waals surface area contributed by atoms with Gasteiger partial charge in [-0.2, -0.15) is 0 Å². The van der Waals surface area contributed by atoms with Crippen molar-refractivity contribution in [3.8, 4) is 11.4 Å². The Morgan fingerprint density at radius 3 is 2.68 bits per heavy atom. The number of halogens is 2. The molecule has 0 saturated carbocycles. The van der Waals surface area contributed by atoms with Gasteiger partial charge in [0.25, 0.3) is 5.91 Å². The van der Waals surface area contributed by atoms with E-state index in [1.807, 2.05) is 12.1 Å². The van der Waals surface area contributed by atoms with Gasteiger partial charge in [-0.3, -0.25) is 14.3 Å². The number of hydrogen-bond donors (Lipinski definition) is 3. The molecule has 1 aliphatic rings. The lowest BCUT2D eigenvalue weighted by Crippen LogP contribution is -2.36. The third-order valence-electron chi connectivity index (χ3n) is 5.07.